The van der Waals surface area contributed by atoms with Crippen molar-refractivity contribution in [2.45, 2.75) is 36.2 Å². The third kappa shape index (κ3) is 6.52. The summed E-state index contributed by atoms with van der Waals surface area (Å²) in [5, 5.41) is 0.286. The van der Waals surface area contributed by atoms with E-state index in [1.165, 1.54) is 0 Å². The Morgan fingerprint density at radius 1 is 1.00 bits per heavy atom. The number of likely N-dealkylation sites (tertiary alicyclic amines) is 1. The van der Waals surface area contributed by atoms with Gasteiger partial charge in [0.05, 0.1) is 10.4 Å². The Kier molecular flexibility index (Phi) is 7.37. The number of sulfonamides is 1. The van der Waals surface area contributed by atoms with Gasteiger partial charge in [0, 0.05) is 25.8 Å². The molecule has 1 saturated heterocycles. The topological polar surface area (TPSA) is 71.5 Å². The largest absolute Gasteiger partial charge is 0.573 e. The normalized spacial score (nSPS) is 16.7. The van der Waals surface area contributed by atoms with Crippen LogP contribution >= 0.6 is 11.6 Å². The molecule has 1 N–H and O–H groups in total. The van der Waals surface area contributed by atoms with Gasteiger partial charge in [-0.05, 0) is 54.3 Å². The van der Waals surface area contributed by atoms with E-state index in [1.54, 1.807) is 18.3 Å². The summed E-state index contributed by atoms with van der Waals surface area (Å²) in [6, 6.07) is 17.4. The minimum atomic E-state index is -4.86. The molecule has 11 heteroatoms. The predicted molar refractivity (Wildman–Crippen MR) is 125 cm³/mol. The molecule has 35 heavy (non-hydrogen) atoms. The maximum Gasteiger partial charge on any atom is 0.573 e. The van der Waals surface area contributed by atoms with E-state index in [0.29, 0.717) is 31.5 Å². The van der Waals surface area contributed by atoms with E-state index in [9.17, 15) is 21.6 Å². The van der Waals surface area contributed by atoms with Gasteiger partial charge < -0.3 is 4.74 Å². The molecule has 0 radical (unpaired) electrons. The number of hydrogen-bond donors (Lipinski definition) is 1. The summed E-state index contributed by atoms with van der Waals surface area (Å²) in [5.74, 6) is -0.498. The highest BCUT2D eigenvalue weighted by Gasteiger charge is 2.40. The summed E-state index contributed by atoms with van der Waals surface area (Å²) in [6.07, 6.45) is -2.37. The lowest BCUT2D eigenvalue weighted by Crippen LogP contribution is -2.52. The number of rotatable bonds is 7. The fraction of sp³-hybridized carbons (Fsp3) is 0.292. The molecule has 2 heterocycles. The summed E-state index contributed by atoms with van der Waals surface area (Å²) >= 11 is 5.95. The van der Waals surface area contributed by atoms with E-state index in [1.807, 2.05) is 30.3 Å². The van der Waals surface area contributed by atoms with Gasteiger partial charge in [0.1, 0.15) is 10.9 Å². The number of nitrogens with one attached hydrogen (secondary N) is 1. The summed E-state index contributed by atoms with van der Waals surface area (Å²) < 4.78 is 70.6. The van der Waals surface area contributed by atoms with Gasteiger partial charge in [-0.2, -0.15) is 0 Å². The van der Waals surface area contributed by atoms with Gasteiger partial charge in [-0.3, -0.25) is 4.90 Å². The first-order valence-corrected chi connectivity index (χ1v) is 12.7. The first kappa shape index (κ1) is 25.4. The van der Waals surface area contributed by atoms with Crippen LogP contribution in [0.4, 0.5) is 13.2 Å². The highest BCUT2D eigenvalue weighted by Crippen LogP contribution is 2.35. The smallest absolute Gasteiger partial charge is 0.406 e. The Morgan fingerprint density at radius 2 is 1.66 bits per heavy atom. The van der Waals surface area contributed by atoms with Crippen LogP contribution in [0.25, 0.3) is 0 Å². The van der Waals surface area contributed by atoms with Crippen LogP contribution in [0.3, 0.4) is 0 Å². The maximum absolute atomic E-state index is 13.3. The van der Waals surface area contributed by atoms with E-state index in [0.717, 1.165) is 36.4 Å². The average Bonchev–Trinajstić information content (AvgIpc) is 2.81. The zero-order valence-electron chi connectivity index (χ0n) is 18.5. The average molecular weight is 526 g/mol. The molecule has 0 bridgehead atoms. The van der Waals surface area contributed by atoms with Gasteiger partial charge in [-0.25, -0.2) is 18.1 Å². The highest BCUT2D eigenvalue weighted by molar-refractivity contribution is 7.89. The van der Waals surface area contributed by atoms with Crippen molar-refractivity contribution in [3.05, 3.63) is 89.2 Å². The number of aromatic nitrogens is 1. The summed E-state index contributed by atoms with van der Waals surface area (Å²) in [6.45, 7) is 1.99. The van der Waals surface area contributed by atoms with Crippen LogP contribution < -0.4 is 9.46 Å². The molecule has 186 valence electrons. The molecule has 0 amide bonds. The van der Waals surface area contributed by atoms with E-state index < -0.39 is 27.7 Å². The van der Waals surface area contributed by atoms with Crippen LogP contribution in [0.2, 0.25) is 5.15 Å². The standard InChI is InChI=1S/C24H23ClF3N3O3S/c25-22-11-6-19(16-29-22)23(12-14-31(15-13-23)17-18-4-2-1-3-5-18)30-35(32,33)21-9-7-20(8-10-21)34-24(26,27)28/h1-11,16,30H,12-15,17H2. The first-order chi connectivity index (χ1) is 16.5. The molecule has 0 atom stereocenters. The van der Waals surface area contributed by atoms with E-state index in [-0.39, 0.29) is 10.0 Å². The minimum Gasteiger partial charge on any atom is -0.406 e. The Balaban J connectivity index is 1.56. The number of nitrogens with zero attached hydrogens (tertiary/aromatic N) is 2. The summed E-state index contributed by atoms with van der Waals surface area (Å²) in [7, 11) is -4.08. The molecular weight excluding hydrogens is 503 g/mol. The third-order valence-corrected chi connectivity index (χ3v) is 7.71. The minimum absolute atomic E-state index is 0.167. The van der Waals surface area contributed by atoms with E-state index >= 15 is 0 Å². The highest BCUT2D eigenvalue weighted by atomic mass is 35.5. The Hall–Kier alpha value is -2.66. The number of benzene rings is 2. The van der Waals surface area contributed by atoms with Crippen LogP contribution in [-0.4, -0.2) is 37.8 Å². The van der Waals surface area contributed by atoms with Gasteiger partial charge in [-0.15, -0.1) is 13.2 Å². The molecule has 1 aromatic heterocycles. The zero-order chi connectivity index (χ0) is 25.1. The monoisotopic (exact) mass is 525 g/mol. The Morgan fingerprint density at radius 3 is 2.23 bits per heavy atom. The molecule has 0 saturated carbocycles. The number of ether oxygens (including phenoxy) is 1. The number of hydrogen-bond acceptors (Lipinski definition) is 5. The van der Waals surface area contributed by atoms with Gasteiger partial charge in [0.2, 0.25) is 10.0 Å². The van der Waals surface area contributed by atoms with Crippen molar-refractivity contribution in [2.75, 3.05) is 13.1 Å². The Labute approximate surface area is 206 Å². The molecule has 2 aromatic carbocycles. The van der Waals surface area contributed by atoms with Crippen molar-refractivity contribution in [1.82, 2.24) is 14.6 Å². The van der Waals surface area contributed by atoms with E-state index in [2.05, 4.69) is 19.3 Å². The van der Waals surface area contributed by atoms with Crippen molar-refractivity contribution in [1.29, 1.82) is 0 Å². The fourth-order valence-electron chi connectivity index (χ4n) is 4.18. The van der Waals surface area contributed by atoms with Crippen LogP contribution in [0, 0.1) is 0 Å². The molecule has 6 nitrogen and oxygen atoms in total. The van der Waals surface area contributed by atoms with Crippen molar-refractivity contribution < 1.29 is 26.3 Å². The molecule has 3 aromatic rings. The van der Waals surface area contributed by atoms with Crippen molar-refractivity contribution in [2.24, 2.45) is 0 Å². The van der Waals surface area contributed by atoms with Crippen LogP contribution in [0.5, 0.6) is 5.75 Å². The number of alkyl halides is 3. The van der Waals surface area contributed by atoms with Crippen molar-refractivity contribution in [3.63, 3.8) is 0 Å². The SMILES string of the molecule is O=S(=O)(NC1(c2ccc(Cl)nc2)CCN(Cc2ccccc2)CC1)c1ccc(OC(F)(F)F)cc1. The van der Waals surface area contributed by atoms with E-state index in [4.69, 9.17) is 11.6 Å². The van der Waals surface area contributed by atoms with Crippen molar-refractivity contribution >= 4 is 21.6 Å². The lowest BCUT2D eigenvalue weighted by Gasteiger charge is -2.42. The zero-order valence-corrected chi connectivity index (χ0v) is 20.1. The van der Waals surface area contributed by atoms with Crippen LogP contribution in [0.1, 0.15) is 24.0 Å². The van der Waals surface area contributed by atoms with Gasteiger partial charge in [-0.1, -0.05) is 48.0 Å². The number of piperidine rings is 1. The number of halogens is 4. The molecule has 0 spiro atoms. The summed E-state index contributed by atoms with van der Waals surface area (Å²) in [4.78, 5) is 6.21. The first-order valence-electron chi connectivity index (χ1n) is 10.8. The molecule has 1 aliphatic heterocycles. The van der Waals surface area contributed by atoms with Crippen LogP contribution in [0.15, 0.2) is 77.8 Å². The fourth-order valence-corrected chi connectivity index (χ4v) is 5.74. The lowest BCUT2D eigenvalue weighted by atomic mass is 9.82. The van der Waals surface area contributed by atoms with Crippen molar-refractivity contribution in [3.8, 4) is 5.75 Å². The Bertz CT molecular complexity index is 1230. The molecule has 0 aliphatic carbocycles. The quantitative estimate of drug-likeness (QED) is 0.434. The summed E-state index contributed by atoms with van der Waals surface area (Å²) in [5.41, 5.74) is 0.877. The second-order valence-corrected chi connectivity index (χ2v) is 10.4. The second kappa shape index (κ2) is 10.1. The van der Waals surface area contributed by atoms with Crippen LogP contribution in [-0.2, 0) is 22.1 Å². The lowest BCUT2D eigenvalue weighted by molar-refractivity contribution is -0.274. The third-order valence-electron chi connectivity index (χ3n) is 5.94. The van der Waals surface area contributed by atoms with Gasteiger partial charge in [0.15, 0.2) is 0 Å². The molecular formula is C24H23ClF3N3O3S. The second-order valence-electron chi connectivity index (χ2n) is 8.34. The molecule has 4 rings (SSSR count). The predicted octanol–water partition coefficient (Wildman–Crippen LogP) is 5.10. The number of pyridine rings is 1. The maximum atomic E-state index is 13.3. The van der Waals surface area contributed by atoms with Gasteiger partial charge >= 0.3 is 6.36 Å². The molecule has 1 fully saturated rings. The molecule has 0 unspecified atom stereocenters. The molecule has 1 aliphatic rings. The van der Waals surface area contributed by atoms with Gasteiger partial charge in [0.25, 0.3) is 0 Å².